The minimum atomic E-state index is 0.0519. The van der Waals surface area contributed by atoms with Crippen molar-refractivity contribution in [3.05, 3.63) is 29.8 Å². The van der Waals surface area contributed by atoms with Crippen LogP contribution in [0.2, 0.25) is 0 Å². The molecule has 114 valence electrons. The Bertz CT molecular complexity index is 529. The Balaban J connectivity index is 1.65. The number of hydrogen-bond donors (Lipinski definition) is 1. The van der Waals surface area contributed by atoms with E-state index in [0.29, 0.717) is 12.3 Å². The number of carbonyl (C=O) groups is 1. The maximum Gasteiger partial charge on any atom is 0.224 e. The normalized spacial score (nSPS) is 27.9. The number of fused-ring (bicyclic) bond motifs is 2. The van der Waals surface area contributed by atoms with Crippen LogP contribution in [0.4, 0.5) is 5.69 Å². The second-order valence-corrected chi connectivity index (χ2v) is 7.98. The van der Waals surface area contributed by atoms with Crippen LogP contribution >= 0.6 is 0 Å². The van der Waals surface area contributed by atoms with Crippen molar-refractivity contribution < 1.29 is 4.79 Å². The SMILES string of the molecule is CC(C)(C)c1ccccc1NC(=O)C[C@H]1C[C@H]2CC[C@@H]1C2. The van der Waals surface area contributed by atoms with Gasteiger partial charge in [-0.05, 0) is 54.1 Å². The van der Waals surface area contributed by atoms with Gasteiger partial charge in [0.1, 0.15) is 0 Å². The summed E-state index contributed by atoms with van der Waals surface area (Å²) in [4.78, 5) is 12.4. The van der Waals surface area contributed by atoms with Crippen LogP contribution in [0, 0.1) is 17.8 Å². The largest absolute Gasteiger partial charge is 0.326 e. The molecule has 2 fully saturated rings. The first-order valence-electron chi connectivity index (χ1n) is 8.33. The van der Waals surface area contributed by atoms with E-state index in [4.69, 9.17) is 0 Å². The van der Waals surface area contributed by atoms with Crippen LogP contribution in [0.15, 0.2) is 24.3 Å². The van der Waals surface area contributed by atoms with E-state index >= 15 is 0 Å². The zero-order valence-electron chi connectivity index (χ0n) is 13.5. The van der Waals surface area contributed by atoms with Gasteiger partial charge in [0.15, 0.2) is 0 Å². The van der Waals surface area contributed by atoms with Gasteiger partial charge in [-0.3, -0.25) is 4.79 Å². The Labute approximate surface area is 128 Å². The Hall–Kier alpha value is -1.31. The van der Waals surface area contributed by atoms with Gasteiger partial charge >= 0.3 is 0 Å². The molecule has 2 heteroatoms. The van der Waals surface area contributed by atoms with Crippen molar-refractivity contribution in [3.63, 3.8) is 0 Å². The summed E-state index contributed by atoms with van der Waals surface area (Å²) in [5.74, 6) is 2.56. The number of carbonyl (C=O) groups excluding carboxylic acids is 1. The molecule has 21 heavy (non-hydrogen) atoms. The molecule has 2 nitrogen and oxygen atoms in total. The number of nitrogens with one attached hydrogen (secondary N) is 1. The minimum absolute atomic E-state index is 0.0519. The van der Waals surface area contributed by atoms with Crippen LogP contribution in [0.3, 0.4) is 0 Å². The van der Waals surface area contributed by atoms with Crippen molar-refractivity contribution >= 4 is 11.6 Å². The predicted octanol–water partition coefficient (Wildman–Crippen LogP) is 4.75. The molecule has 0 spiro atoms. The molecule has 2 aliphatic rings. The van der Waals surface area contributed by atoms with Crippen LogP contribution in [-0.2, 0) is 10.2 Å². The first-order valence-corrected chi connectivity index (χ1v) is 8.33. The minimum Gasteiger partial charge on any atom is -0.326 e. The average molecular weight is 285 g/mol. The van der Waals surface area contributed by atoms with Crippen LogP contribution < -0.4 is 5.32 Å². The molecular formula is C19H27NO. The van der Waals surface area contributed by atoms with Gasteiger partial charge in [0.2, 0.25) is 5.91 Å². The smallest absolute Gasteiger partial charge is 0.224 e. The third kappa shape index (κ3) is 3.14. The Kier molecular flexibility index (Phi) is 3.81. The second-order valence-electron chi connectivity index (χ2n) is 7.98. The summed E-state index contributed by atoms with van der Waals surface area (Å²) in [6.45, 7) is 6.57. The number of rotatable bonds is 3. The van der Waals surface area contributed by atoms with Gasteiger partial charge in [-0.2, -0.15) is 0 Å². The first kappa shape index (κ1) is 14.6. The van der Waals surface area contributed by atoms with Crippen molar-refractivity contribution in [1.29, 1.82) is 0 Å². The van der Waals surface area contributed by atoms with Gasteiger partial charge < -0.3 is 5.32 Å². The third-order valence-corrected chi connectivity index (χ3v) is 5.34. The molecule has 3 rings (SSSR count). The van der Waals surface area contributed by atoms with Crippen LogP contribution in [0.5, 0.6) is 0 Å². The van der Waals surface area contributed by atoms with Gasteiger partial charge in [0.25, 0.3) is 0 Å². The van der Waals surface area contributed by atoms with Gasteiger partial charge in [-0.25, -0.2) is 0 Å². The molecule has 0 saturated heterocycles. The first-order chi connectivity index (χ1) is 9.93. The fourth-order valence-electron chi connectivity index (χ4n) is 4.31. The molecule has 2 bridgehead atoms. The standard InChI is InChI=1S/C19H27NO/c1-19(2,3)16-6-4-5-7-17(16)20-18(21)12-15-11-13-8-9-14(15)10-13/h4-7,13-15H,8-12H2,1-3H3,(H,20,21)/t13-,14+,15+/m0/s1. The summed E-state index contributed by atoms with van der Waals surface area (Å²) in [5, 5.41) is 3.16. The van der Waals surface area contributed by atoms with E-state index in [0.717, 1.165) is 17.5 Å². The van der Waals surface area contributed by atoms with Gasteiger partial charge in [0, 0.05) is 12.1 Å². The summed E-state index contributed by atoms with van der Waals surface area (Å²) >= 11 is 0. The van der Waals surface area contributed by atoms with Crippen LogP contribution in [0.1, 0.15) is 58.4 Å². The summed E-state index contributed by atoms with van der Waals surface area (Å²) in [7, 11) is 0. The summed E-state index contributed by atoms with van der Waals surface area (Å²) in [6, 6.07) is 8.20. The summed E-state index contributed by atoms with van der Waals surface area (Å²) in [6.07, 6.45) is 6.10. The molecule has 0 radical (unpaired) electrons. The maximum absolute atomic E-state index is 12.4. The van der Waals surface area contributed by atoms with Crippen molar-refractivity contribution in [2.45, 2.75) is 58.3 Å². The van der Waals surface area contributed by atoms with E-state index in [1.807, 2.05) is 18.2 Å². The molecular weight excluding hydrogens is 258 g/mol. The number of amides is 1. The molecule has 2 aliphatic carbocycles. The predicted molar refractivity (Wildman–Crippen MR) is 87.3 cm³/mol. The van der Waals surface area contributed by atoms with E-state index in [1.54, 1.807) is 0 Å². The molecule has 0 aromatic heterocycles. The molecule has 2 saturated carbocycles. The van der Waals surface area contributed by atoms with Gasteiger partial charge in [-0.15, -0.1) is 0 Å². The highest BCUT2D eigenvalue weighted by molar-refractivity contribution is 5.91. The lowest BCUT2D eigenvalue weighted by Crippen LogP contribution is -2.22. The third-order valence-electron chi connectivity index (χ3n) is 5.34. The fraction of sp³-hybridized carbons (Fsp3) is 0.632. The van der Waals surface area contributed by atoms with Crippen LogP contribution in [0.25, 0.3) is 0 Å². The summed E-state index contributed by atoms with van der Waals surface area (Å²) in [5.41, 5.74) is 2.25. The topological polar surface area (TPSA) is 29.1 Å². The quantitative estimate of drug-likeness (QED) is 0.853. The van der Waals surface area contributed by atoms with E-state index in [9.17, 15) is 4.79 Å². The molecule has 0 unspecified atom stereocenters. The van der Waals surface area contributed by atoms with E-state index in [2.05, 4.69) is 32.2 Å². The van der Waals surface area contributed by atoms with Gasteiger partial charge in [-0.1, -0.05) is 45.4 Å². The molecule has 1 aromatic carbocycles. The van der Waals surface area contributed by atoms with Crippen LogP contribution in [-0.4, -0.2) is 5.91 Å². The molecule has 1 N–H and O–H groups in total. The molecule has 0 aliphatic heterocycles. The van der Waals surface area contributed by atoms with E-state index in [-0.39, 0.29) is 11.3 Å². The second kappa shape index (κ2) is 5.47. The zero-order chi connectivity index (χ0) is 15.0. The van der Waals surface area contributed by atoms with E-state index < -0.39 is 0 Å². The average Bonchev–Trinajstić information content (AvgIpc) is 3.00. The van der Waals surface area contributed by atoms with Gasteiger partial charge in [0.05, 0.1) is 0 Å². The molecule has 1 aromatic rings. The lowest BCUT2D eigenvalue weighted by Gasteiger charge is -2.24. The lowest BCUT2D eigenvalue weighted by atomic mass is 9.85. The Morgan fingerprint density at radius 2 is 1.95 bits per heavy atom. The zero-order valence-corrected chi connectivity index (χ0v) is 13.5. The highest BCUT2D eigenvalue weighted by atomic mass is 16.1. The monoisotopic (exact) mass is 285 g/mol. The number of benzene rings is 1. The van der Waals surface area contributed by atoms with Crippen molar-refractivity contribution in [3.8, 4) is 0 Å². The Morgan fingerprint density at radius 1 is 1.19 bits per heavy atom. The van der Waals surface area contributed by atoms with E-state index in [1.165, 1.54) is 31.2 Å². The number of hydrogen-bond acceptors (Lipinski definition) is 1. The highest BCUT2D eigenvalue weighted by Gasteiger charge is 2.40. The Morgan fingerprint density at radius 3 is 2.57 bits per heavy atom. The number of para-hydroxylation sites is 1. The summed E-state index contributed by atoms with van der Waals surface area (Å²) < 4.78 is 0. The molecule has 3 atom stereocenters. The highest BCUT2D eigenvalue weighted by Crippen LogP contribution is 2.49. The molecule has 0 heterocycles. The van der Waals surface area contributed by atoms with Crippen molar-refractivity contribution in [2.75, 3.05) is 5.32 Å². The molecule has 1 amide bonds. The van der Waals surface area contributed by atoms with Crippen molar-refractivity contribution in [1.82, 2.24) is 0 Å². The van der Waals surface area contributed by atoms with Crippen molar-refractivity contribution in [2.24, 2.45) is 17.8 Å². The fourth-order valence-corrected chi connectivity index (χ4v) is 4.31. The number of anilines is 1. The lowest BCUT2D eigenvalue weighted by molar-refractivity contribution is -0.117. The maximum atomic E-state index is 12.4.